The second-order valence-electron chi connectivity index (χ2n) is 6.28. The number of nitrogens with one attached hydrogen (secondary N) is 1. The molecule has 142 valence electrons. The topological polar surface area (TPSA) is 72.5 Å². The molecular weight excluding hydrogens is 342 g/mol. The van der Waals surface area contributed by atoms with Crippen molar-refractivity contribution in [3.05, 3.63) is 65.7 Å². The molecule has 2 aromatic carbocycles. The van der Waals surface area contributed by atoms with Crippen LogP contribution in [0.1, 0.15) is 54.9 Å². The van der Waals surface area contributed by atoms with Crippen LogP contribution in [0.5, 0.6) is 0 Å². The SMILES string of the molecule is CCCC(=O)Nc1ccc(C(=O)COC(=O)[C@H](CC)c2ccccc2)cc1. The monoisotopic (exact) mass is 367 g/mol. The minimum atomic E-state index is -0.402. The molecule has 0 heterocycles. The Morgan fingerprint density at radius 3 is 2.22 bits per heavy atom. The van der Waals surface area contributed by atoms with Crippen molar-refractivity contribution in [1.29, 1.82) is 0 Å². The highest BCUT2D eigenvalue weighted by atomic mass is 16.5. The molecule has 5 heteroatoms. The van der Waals surface area contributed by atoms with Crippen LogP contribution in [-0.2, 0) is 14.3 Å². The van der Waals surface area contributed by atoms with Gasteiger partial charge in [-0.1, -0.05) is 44.2 Å². The van der Waals surface area contributed by atoms with Gasteiger partial charge in [-0.3, -0.25) is 14.4 Å². The number of hydrogen-bond donors (Lipinski definition) is 1. The first-order valence-corrected chi connectivity index (χ1v) is 9.19. The van der Waals surface area contributed by atoms with E-state index in [0.717, 1.165) is 12.0 Å². The number of carbonyl (C=O) groups excluding carboxylic acids is 3. The summed E-state index contributed by atoms with van der Waals surface area (Å²) in [5, 5.41) is 2.76. The lowest BCUT2D eigenvalue weighted by molar-refractivity contribution is -0.144. The van der Waals surface area contributed by atoms with Crippen molar-refractivity contribution in [3.8, 4) is 0 Å². The number of ether oxygens (including phenoxy) is 1. The van der Waals surface area contributed by atoms with Crippen LogP contribution in [0.4, 0.5) is 5.69 Å². The zero-order chi connectivity index (χ0) is 19.6. The molecule has 0 bridgehead atoms. The summed E-state index contributed by atoms with van der Waals surface area (Å²) in [6.45, 7) is 3.54. The predicted molar refractivity (Wildman–Crippen MR) is 105 cm³/mol. The molecule has 2 aromatic rings. The molecule has 0 unspecified atom stereocenters. The average molecular weight is 367 g/mol. The lowest BCUT2D eigenvalue weighted by atomic mass is 9.97. The second-order valence-corrected chi connectivity index (χ2v) is 6.28. The van der Waals surface area contributed by atoms with Crippen molar-refractivity contribution in [3.63, 3.8) is 0 Å². The molecule has 2 rings (SSSR count). The molecule has 0 radical (unpaired) electrons. The number of esters is 1. The van der Waals surface area contributed by atoms with Crippen LogP contribution in [0.3, 0.4) is 0 Å². The summed E-state index contributed by atoms with van der Waals surface area (Å²) in [4.78, 5) is 36.2. The Morgan fingerprint density at radius 1 is 0.963 bits per heavy atom. The minimum Gasteiger partial charge on any atom is -0.457 e. The zero-order valence-electron chi connectivity index (χ0n) is 15.7. The Kier molecular flexibility index (Phi) is 7.74. The summed E-state index contributed by atoms with van der Waals surface area (Å²) in [5.74, 6) is -1.12. The highest BCUT2D eigenvalue weighted by molar-refractivity contribution is 5.99. The third-order valence-corrected chi connectivity index (χ3v) is 4.21. The van der Waals surface area contributed by atoms with Gasteiger partial charge in [0.2, 0.25) is 5.91 Å². The van der Waals surface area contributed by atoms with Gasteiger partial charge in [-0.25, -0.2) is 0 Å². The Morgan fingerprint density at radius 2 is 1.63 bits per heavy atom. The Labute approximate surface area is 159 Å². The van der Waals surface area contributed by atoms with Gasteiger partial charge in [0.25, 0.3) is 0 Å². The first-order chi connectivity index (χ1) is 13.0. The van der Waals surface area contributed by atoms with E-state index < -0.39 is 5.97 Å². The van der Waals surface area contributed by atoms with E-state index in [1.807, 2.05) is 44.2 Å². The number of anilines is 1. The van der Waals surface area contributed by atoms with Gasteiger partial charge in [0.05, 0.1) is 5.92 Å². The molecule has 0 fully saturated rings. The van der Waals surface area contributed by atoms with Crippen LogP contribution >= 0.6 is 0 Å². The van der Waals surface area contributed by atoms with Gasteiger partial charge in [0, 0.05) is 17.7 Å². The summed E-state index contributed by atoms with van der Waals surface area (Å²) in [6, 6.07) is 16.0. The van der Waals surface area contributed by atoms with E-state index in [0.29, 0.717) is 24.1 Å². The number of carbonyl (C=O) groups is 3. The quantitative estimate of drug-likeness (QED) is 0.528. The van der Waals surface area contributed by atoms with Crippen LogP contribution < -0.4 is 5.32 Å². The Balaban J connectivity index is 1.91. The summed E-state index contributed by atoms with van der Waals surface area (Å²) < 4.78 is 5.23. The molecule has 0 saturated heterocycles. The molecule has 0 aliphatic carbocycles. The number of rotatable bonds is 9. The van der Waals surface area contributed by atoms with Crippen LogP contribution in [0.25, 0.3) is 0 Å². The molecule has 0 saturated carbocycles. The summed E-state index contributed by atoms with van der Waals surface area (Å²) in [6.07, 6.45) is 1.83. The van der Waals surface area contributed by atoms with E-state index >= 15 is 0 Å². The standard InChI is InChI=1S/C22H25NO4/c1-3-8-21(25)23-18-13-11-17(12-14-18)20(24)15-27-22(26)19(4-2)16-9-6-5-7-10-16/h5-7,9-14,19H,3-4,8,15H2,1-2H3,(H,23,25)/t19-/m1/s1. The Bertz CT molecular complexity index is 769. The fourth-order valence-corrected chi connectivity index (χ4v) is 2.73. The summed E-state index contributed by atoms with van der Waals surface area (Å²) in [7, 11) is 0. The highest BCUT2D eigenvalue weighted by Crippen LogP contribution is 2.21. The molecule has 0 aliphatic heterocycles. The number of ketones is 1. The molecule has 0 aliphatic rings. The number of hydrogen-bond acceptors (Lipinski definition) is 4. The van der Waals surface area contributed by atoms with E-state index in [1.165, 1.54) is 0 Å². The Hall–Kier alpha value is -2.95. The third-order valence-electron chi connectivity index (χ3n) is 4.21. The van der Waals surface area contributed by atoms with E-state index in [-0.39, 0.29) is 24.2 Å². The molecule has 0 aromatic heterocycles. The van der Waals surface area contributed by atoms with Gasteiger partial charge in [-0.15, -0.1) is 0 Å². The zero-order valence-corrected chi connectivity index (χ0v) is 15.7. The predicted octanol–water partition coefficient (Wildman–Crippen LogP) is 4.34. The van der Waals surface area contributed by atoms with Gasteiger partial charge in [0.1, 0.15) is 0 Å². The van der Waals surface area contributed by atoms with Crippen molar-refractivity contribution in [1.82, 2.24) is 0 Å². The summed E-state index contributed by atoms with van der Waals surface area (Å²) in [5.41, 5.74) is 1.95. The van der Waals surface area contributed by atoms with E-state index in [9.17, 15) is 14.4 Å². The molecule has 1 amide bonds. The van der Waals surface area contributed by atoms with Crippen molar-refractivity contribution >= 4 is 23.3 Å². The van der Waals surface area contributed by atoms with Gasteiger partial charge in [-0.05, 0) is 42.7 Å². The van der Waals surface area contributed by atoms with Crippen molar-refractivity contribution < 1.29 is 19.1 Å². The van der Waals surface area contributed by atoms with E-state index in [1.54, 1.807) is 24.3 Å². The number of benzene rings is 2. The normalized spacial score (nSPS) is 11.5. The summed E-state index contributed by atoms with van der Waals surface area (Å²) >= 11 is 0. The van der Waals surface area contributed by atoms with E-state index in [4.69, 9.17) is 4.74 Å². The van der Waals surface area contributed by atoms with Crippen molar-refractivity contribution in [2.45, 2.75) is 39.0 Å². The maximum absolute atomic E-state index is 12.3. The lowest BCUT2D eigenvalue weighted by Crippen LogP contribution is -2.20. The van der Waals surface area contributed by atoms with Gasteiger partial charge in [-0.2, -0.15) is 0 Å². The highest BCUT2D eigenvalue weighted by Gasteiger charge is 2.21. The first-order valence-electron chi connectivity index (χ1n) is 9.19. The molecular formula is C22H25NO4. The van der Waals surface area contributed by atoms with Crippen molar-refractivity contribution in [2.75, 3.05) is 11.9 Å². The smallest absolute Gasteiger partial charge is 0.313 e. The molecule has 1 atom stereocenters. The number of Topliss-reactive ketones (excluding diaryl/α,β-unsaturated/α-hetero) is 1. The minimum absolute atomic E-state index is 0.0583. The fourth-order valence-electron chi connectivity index (χ4n) is 2.73. The fraction of sp³-hybridized carbons (Fsp3) is 0.318. The second kappa shape index (κ2) is 10.3. The number of amides is 1. The van der Waals surface area contributed by atoms with Crippen molar-refractivity contribution in [2.24, 2.45) is 0 Å². The molecule has 1 N–H and O–H groups in total. The molecule has 0 spiro atoms. The van der Waals surface area contributed by atoms with Crippen LogP contribution in [0.2, 0.25) is 0 Å². The average Bonchev–Trinajstić information content (AvgIpc) is 2.68. The first kappa shape index (κ1) is 20.4. The lowest BCUT2D eigenvalue weighted by Gasteiger charge is -2.14. The maximum atomic E-state index is 12.3. The largest absolute Gasteiger partial charge is 0.457 e. The maximum Gasteiger partial charge on any atom is 0.313 e. The van der Waals surface area contributed by atoms with Crippen LogP contribution in [0, 0.1) is 0 Å². The van der Waals surface area contributed by atoms with Crippen LogP contribution in [0.15, 0.2) is 54.6 Å². The van der Waals surface area contributed by atoms with Gasteiger partial charge < -0.3 is 10.1 Å². The van der Waals surface area contributed by atoms with Gasteiger partial charge in [0.15, 0.2) is 12.4 Å². The van der Waals surface area contributed by atoms with Crippen LogP contribution in [-0.4, -0.2) is 24.3 Å². The third kappa shape index (κ3) is 6.06. The molecule has 5 nitrogen and oxygen atoms in total. The molecule has 27 heavy (non-hydrogen) atoms. The van der Waals surface area contributed by atoms with Gasteiger partial charge >= 0.3 is 5.97 Å². The van der Waals surface area contributed by atoms with E-state index in [2.05, 4.69) is 5.32 Å².